The van der Waals surface area contributed by atoms with Gasteiger partial charge in [-0.1, -0.05) is 11.6 Å². The second kappa shape index (κ2) is 32.8. The van der Waals surface area contributed by atoms with Gasteiger partial charge in [0.15, 0.2) is 51.3 Å². The molecule has 12 aromatic rings. The molecule has 7 N–H and O–H groups in total. The summed E-state index contributed by atoms with van der Waals surface area (Å²) in [6.07, 6.45) is 20.1. The van der Waals surface area contributed by atoms with Gasteiger partial charge >= 0.3 is 0 Å². The maximum absolute atomic E-state index is 9.74. The number of nitrogens with one attached hydrogen (secondary N) is 3. The smallest absolute Gasteiger partial charge is 0.245 e. The molecule has 9 aromatic heterocycles. The molecule has 34 heteroatoms. The summed E-state index contributed by atoms with van der Waals surface area (Å²) in [6.45, 7) is 2.29. The number of nitrogens with two attached hydrogens (primary N) is 1. The molecule has 2 aliphatic rings. The number of benzene rings is 3. The van der Waals surface area contributed by atoms with E-state index in [0.717, 1.165) is 66.0 Å². The minimum Gasteiger partial charge on any atom is -0.493 e. The molecule has 0 amide bonds. The van der Waals surface area contributed by atoms with E-state index in [1.807, 2.05) is 101 Å². The largest absolute Gasteiger partial charge is 0.493 e. The number of aliphatic hydroxyl groups is 2. The first-order valence-corrected chi connectivity index (χ1v) is 31.4. The first-order valence-electron chi connectivity index (χ1n) is 30.2. The molecule has 14 rings (SSSR count). The van der Waals surface area contributed by atoms with E-state index in [1.54, 1.807) is 120 Å². The molecular formula is C64H73Cl3N20O11. The lowest BCUT2D eigenvalue weighted by Crippen LogP contribution is -2.34. The van der Waals surface area contributed by atoms with Crippen molar-refractivity contribution in [2.45, 2.75) is 37.8 Å². The molecular weight excluding hydrogens is 1330 g/mol. The number of halogens is 3. The normalized spacial score (nSPS) is 13.8. The van der Waals surface area contributed by atoms with Gasteiger partial charge in [0.25, 0.3) is 0 Å². The van der Waals surface area contributed by atoms with Crippen LogP contribution in [0.4, 0.5) is 35.0 Å². The van der Waals surface area contributed by atoms with Gasteiger partial charge in [-0.3, -0.25) is 0 Å². The lowest BCUT2D eigenvalue weighted by Gasteiger charge is -2.23. The number of hydrogen-bond donors (Lipinski definition) is 6. The second-order valence-corrected chi connectivity index (χ2v) is 22.3. The average molecular weight is 1400 g/mol. The first kappa shape index (κ1) is 70.1. The van der Waals surface area contributed by atoms with Crippen LogP contribution in [0.25, 0.3) is 33.6 Å². The lowest BCUT2D eigenvalue weighted by atomic mass is 10.2. The fourth-order valence-corrected chi connectivity index (χ4v) is 11.2. The molecule has 516 valence electrons. The molecule has 0 aliphatic carbocycles. The fraction of sp³-hybridized carbons (Fsp3) is 0.297. The Kier molecular flexibility index (Phi) is 23.5. The molecule has 2 atom stereocenters. The van der Waals surface area contributed by atoms with Crippen LogP contribution in [-0.2, 0) is 0 Å². The standard InChI is InChI=1S/C23H27N7O4.C18H17ClN6O3.C12H15N3O3.C6H3Cl2N3.C5H11NO/c1-32-18-10-16(11-19(33-2)21(18)34-3)28-12-20(24-14-28)25-22-17-7-5-9-30(17)27-23(26-22)29-8-4-6-15(29)13-31;1-26-13-7-11(8-14(27-2)16(13)28-3)24-9-15(20-10-24)21-17-12-5-4-6-25(12)23-18(19)22-17;1-16-9-4-8(15-6-11(13)14-7-15)5-10(17-2)12(9)18-3;7-5-4-2-1-3-11(4)10-6(8)9-5;7-4-5-2-1-3-6-5/h5,7,9-12,14-15,31H,4,6,8,13H2,1-3H3,(H,25,26,27);4-10H,1-3H3,(H,21,22,23);4-7H,13H2,1-3H3;1-3H;5-7H,1-4H2/t15-;;;;5-/m0...0/s1. The van der Waals surface area contributed by atoms with Crippen molar-refractivity contribution in [3.8, 4) is 68.8 Å². The number of nitrogens with zero attached hydrogens (tertiary/aromatic N) is 16. The third-order valence-electron chi connectivity index (χ3n) is 15.4. The van der Waals surface area contributed by atoms with Gasteiger partial charge in [-0.2, -0.15) is 9.97 Å². The number of aromatic nitrogens is 15. The quantitative estimate of drug-likeness (QED) is 0.0439. The van der Waals surface area contributed by atoms with Gasteiger partial charge in [-0.25, -0.2) is 33.5 Å². The number of imidazole rings is 3. The molecule has 3 aromatic carbocycles. The Bertz CT molecular complexity index is 4530. The van der Waals surface area contributed by atoms with Crippen LogP contribution >= 0.6 is 34.8 Å². The SMILES string of the molecule is COc1cc(-n2cnc(N)c2)cc(OC)c1OC.COc1cc(-n2cnc(Nc3nc(Cl)nn4cccc34)c2)cc(OC)c1OC.COc1cc(-n2cnc(Nc3nc(N4CCC[C@H]4CO)nn4cccc34)c2)cc(OC)c1OC.Clc1nc(Cl)c2cccn2n1.OC[C@@H]1CCCN1. The van der Waals surface area contributed by atoms with E-state index in [-0.39, 0.29) is 23.2 Å². The van der Waals surface area contributed by atoms with Crippen molar-refractivity contribution < 1.29 is 52.8 Å². The molecule has 0 bridgehead atoms. The topological polar surface area (TPSA) is 333 Å². The summed E-state index contributed by atoms with van der Waals surface area (Å²) in [4.78, 5) is 27.7. The number of nitrogen functional groups attached to an aromatic ring is 1. The maximum atomic E-state index is 9.74. The van der Waals surface area contributed by atoms with Crippen LogP contribution in [0.5, 0.6) is 51.7 Å². The summed E-state index contributed by atoms with van der Waals surface area (Å²) in [5.41, 5.74) is 10.4. The molecule has 2 aliphatic heterocycles. The van der Waals surface area contributed by atoms with E-state index in [0.29, 0.717) is 105 Å². The Morgan fingerprint density at radius 1 is 0.510 bits per heavy atom. The van der Waals surface area contributed by atoms with Crippen molar-refractivity contribution in [2.24, 2.45) is 0 Å². The van der Waals surface area contributed by atoms with Crippen molar-refractivity contribution in [1.82, 2.24) is 77.8 Å². The highest BCUT2D eigenvalue weighted by Gasteiger charge is 2.28. The third kappa shape index (κ3) is 16.2. The zero-order valence-corrected chi connectivity index (χ0v) is 57.1. The Morgan fingerprint density at radius 2 is 0.939 bits per heavy atom. The molecule has 0 saturated carbocycles. The third-order valence-corrected chi connectivity index (χ3v) is 16.0. The average Bonchev–Trinajstić information content (AvgIpc) is 1.59. The Morgan fingerprint density at radius 3 is 1.35 bits per heavy atom. The number of fused-ring (bicyclic) bond motifs is 3. The van der Waals surface area contributed by atoms with E-state index >= 15 is 0 Å². The molecule has 11 heterocycles. The highest BCUT2D eigenvalue weighted by atomic mass is 35.5. The van der Waals surface area contributed by atoms with E-state index in [2.05, 4.69) is 61.1 Å². The van der Waals surface area contributed by atoms with Crippen LogP contribution < -0.4 is 69.2 Å². The molecule has 98 heavy (non-hydrogen) atoms. The van der Waals surface area contributed by atoms with Gasteiger partial charge in [0, 0.05) is 67.6 Å². The number of aliphatic hydroxyl groups excluding tert-OH is 2. The van der Waals surface area contributed by atoms with Gasteiger partial charge in [-0.05, 0) is 91.8 Å². The number of anilines is 6. The minimum atomic E-state index is 0.0279. The number of ether oxygens (including phenoxy) is 9. The second-order valence-electron chi connectivity index (χ2n) is 21.3. The van der Waals surface area contributed by atoms with Gasteiger partial charge in [0.1, 0.15) is 53.0 Å². The molecule has 2 saturated heterocycles. The van der Waals surface area contributed by atoms with E-state index < -0.39 is 0 Å². The van der Waals surface area contributed by atoms with Crippen molar-refractivity contribution in [2.75, 3.05) is 112 Å². The van der Waals surface area contributed by atoms with Crippen molar-refractivity contribution in [3.63, 3.8) is 0 Å². The Hall–Kier alpha value is -10.7. The summed E-state index contributed by atoms with van der Waals surface area (Å²) in [5, 5.41) is 41.2. The summed E-state index contributed by atoms with van der Waals surface area (Å²) >= 11 is 17.3. The Balaban J connectivity index is 0.000000145. The van der Waals surface area contributed by atoms with Gasteiger partial charge < -0.3 is 93.1 Å². The molecule has 0 radical (unpaired) electrons. The van der Waals surface area contributed by atoms with Crippen molar-refractivity contribution in [1.29, 1.82) is 0 Å². The number of methoxy groups -OCH3 is 9. The van der Waals surface area contributed by atoms with Crippen LogP contribution in [0, 0.1) is 0 Å². The zero-order valence-electron chi connectivity index (χ0n) is 54.9. The Labute approximate surface area is 577 Å². The van der Waals surface area contributed by atoms with Crippen LogP contribution in [-0.4, -0.2) is 185 Å². The van der Waals surface area contributed by atoms with E-state index in [1.165, 1.54) is 6.42 Å². The predicted octanol–water partition coefficient (Wildman–Crippen LogP) is 9.23. The summed E-state index contributed by atoms with van der Waals surface area (Å²) in [7, 11) is 14.2. The zero-order chi connectivity index (χ0) is 69.4. The van der Waals surface area contributed by atoms with Crippen molar-refractivity contribution >= 4 is 86.4 Å². The van der Waals surface area contributed by atoms with Crippen LogP contribution in [0.15, 0.2) is 129 Å². The van der Waals surface area contributed by atoms with E-state index in [9.17, 15) is 5.11 Å². The van der Waals surface area contributed by atoms with E-state index in [4.69, 9.17) is 93.3 Å². The molecule has 0 unspecified atom stereocenters. The predicted molar refractivity (Wildman–Crippen MR) is 370 cm³/mol. The summed E-state index contributed by atoms with van der Waals surface area (Å²) < 4.78 is 58.8. The summed E-state index contributed by atoms with van der Waals surface area (Å²) in [5.74, 6) is 8.40. The first-order chi connectivity index (χ1) is 47.7. The highest BCUT2D eigenvalue weighted by Crippen LogP contribution is 2.42. The molecule has 0 spiro atoms. The maximum Gasteiger partial charge on any atom is 0.245 e. The van der Waals surface area contributed by atoms with Crippen LogP contribution in [0.3, 0.4) is 0 Å². The molecule has 31 nitrogen and oxygen atoms in total. The monoisotopic (exact) mass is 1400 g/mol. The minimum absolute atomic E-state index is 0.0279. The van der Waals surface area contributed by atoms with Gasteiger partial charge in [0.2, 0.25) is 33.8 Å². The number of rotatable bonds is 19. The van der Waals surface area contributed by atoms with Crippen LogP contribution in [0.1, 0.15) is 25.7 Å². The van der Waals surface area contributed by atoms with Gasteiger partial charge in [-0.15, -0.1) is 15.3 Å². The number of hydrogen-bond acceptors (Lipinski definition) is 25. The fourth-order valence-electron chi connectivity index (χ4n) is 10.6. The van der Waals surface area contributed by atoms with Crippen molar-refractivity contribution in [3.05, 3.63) is 145 Å². The van der Waals surface area contributed by atoms with Gasteiger partial charge in [0.05, 0.1) is 119 Å². The molecule has 2 fully saturated rings. The summed E-state index contributed by atoms with van der Waals surface area (Å²) in [6, 6.07) is 22.7. The van der Waals surface area contributed by atoms with Crippen LogP contribution in [0.2, 0.25) is 15.7 Å². The lowest BCUT2D eigenvalue weighted by molar-refractivity contribution is 0.255. The highest BCUT2D eigenvalue weighted by molar-refractivity contribution is 6.34.